The maximum Gasteiger partial charge on any atom is 0.264 e. The predicted octanol–water partition coefficient (Wildman–Crippen LogP) is 4.58. The highest BCUT2D eigenvalue weighted by molar-refractivity contribution is 7.12. The topological polar surface area (TPSA) is 58.6 Å². The van der Waals surface area contributed by atoms with Gasteiger partial charge in [0.1, 0.15) is 5.75 Å². The van der Waals surface area contributed by atoms with Gasteiger partial charge in [0.2, 0.25) is 0 Å². The molecule has 1 aliphatic heterocycles. The number of nitrogens with one attached hydrogen (secondary N) is 1. The van der Waals surface area contributed by atoms with E-state index in [2.05, 4.69) is 23.5 Å². The van der Waals surface area contributed by atoms with Gasteiger partial charge in [0.25, 0.3) is 11.8 Å². The summed E-state index contributed by atoms with van der Waals surface area (Å²) in [6, 6.07) is 20.0. The Morgan fingerprint density at radius 1 is 1.09 bits per heavy atom. The Labute approximate surface area is 192 Å². The van der Waals surface area contributed by atoms with Crippen LogP contribution < -0.4 is 10.1 Å². The minimum atomic E-state index is -0.573. The molecule has 2 unspecified atom stereocenters. The van der Waals surface area contributed by atoms with E-state index in [0.29, 0.717) is 18.3 Å². The number of carbonyl (C=O) groups excluding carboxylic acids is 2. The molecule has 164 valence electrons. The number of nitrogens with zero attached hydrogens (tertiary/aromatic N) is 1. The number of benzene rings is 2. The van der Waals surface area contributed by atoms with Gasteiger partial charge in [0.15, 0.2) is 6.10 Å². The first kappa shape index (κ1) is 20.8. The zero-order valence-corrected chi connectivity index (χ0v) is 18.8. The molecule has 3 aromatic rings. The molecule has 1 aliphatic carbocycles. The molecule has 5 rings (SSSR count). The Balaban J connectivity index is 1.47. The lowest BCUT2D eigenvalue weighted by Crippen LogP contribution is -2.40. The third kappa shape index (κ3) is 4.28. The van der Waals surface area contributed by atoms with Crippen molar-refractivity contribution in [3.05, 3.63) is 87.6 Å². The lowest BCUT2D eigenvalue weighted by atomic mass is 9.87. The molecule has 2 aromatic carbocycles. The number of thiophene rings is 1. The van der Waals surface area contributed by atoms with Crippen molar-refractivity contribution in [3.8, 4) is 5.75 Å². The van der Waals surface area contributed by atoms with Crippen molar-refractivity contribution in [1.82, 2.24) is 10.2 Å². The van der Waals surface area contributed by atoms with Crippen molar-refractivity contribution >= 4 is 23.2 Å². The minimum Gasteiger partial charge on any atom is -0.481 e. The second kappa shape index (κ2) is 8.79. The predicted molar refractivity (Wildman–Crippen MR) is 125 cm³/mol. The molecule has 2 amide bonds. The largest absolute Gasteiger partial charge is 0.481 e. The van der Waals surface area contributed by atoms with Crippen LogP contribution in [0.3, 0.4) is 0 Å². The number of hydrogen-bond donors (Lipinski definition) is 1. The van der Waals surface area contributed by atoms with E-state index >= 15 is 0 Å². The van der Waals surface area contributed by atoms with E-state index in [9.17, 15) is 9.59 Å². The summed E-state index contributed by atoms with van der Waals surface area (Å²) in [5.74, 6) is 0.607. The third-order valence-electron chi connectivity index (χ3n) is 6.06. The third-order valence-corrected chi connectivity index (χ3v) is 6.92. The number of rotatable bonds is 6. The first-order valence-corrected chi connectivity index (χ1v) is 12.0. The van der Waals surface area contributed by atoms with Gasteiger partial charge in [-0.1, -0.05) is 42.5 Å². The number of ether oxygens (including phenoxy) is 1. The molecule has 0 saturated heterocycles. The number of fused-ring (bicyclic) bond motifs is 1. The first-order chi connectivity index (χ1) is 15.6. The van der Waals surface area contributed by atoms with Crippen LogP contribution >= 0.6 is 11.3 Å². The van der Waals surface area contributed by atoms with E-state index in [1.54, 1.807) is 6.92 Å². The molecule has 0 radical (unpaired) electrons. The zero-order valence-electron chi connectivity index (χ0n) is 18.0. The molecule has 0 spiro atoms. The fourth-order valence-corrected chi connectivity index (χ4v) is 4.90. The average Bonchev–Trinajstić information content (AvgIpc) is 3.46. The van der Waals surface area contributed by atoms with Crippen LogP contribution in [0, 0.1) is 0 Å². The number of carbonyl (C=O) groups is 2. The van der Waals surface area contributed by atoms with Gasteiger partial charge in [-0.3, -0.25) is 9.59 Å². The van der Waals surface area contributed by atoms with Gasteiger partial charge < -0.3 is 15.0 Å². The highest BCUT2D eigenvalue weighted by Gasteiger charge is 2.33. The molecule has 32 heavy (non-hydrogen) atoms. The Morgan fingerprint density at radius 3 is 2.62 bits per heavy atom. The molecule has 1 N–H and O–H groups in total. The van der Waals surface area contributed by atoms with E-state index < -0.39 is 6.10 Å². The fraction of sp³-hybridized carbons (Fsp3) is 0.308. The summed E-state index contributed by atoms with van der Waals surface area (Å²) in [4.78, 5) is 28.4. The number of amides is 2. The zero-order chi connectivity index (χ0) is 22.1. The van der Waals surface area contributed by atoms with Gasteiger partial charge in [0, 0.05) is 12.6 Å². The van der Waals surface area contributed by atoms with Crippen LogP contribution in [0.25, 0.3) is 0 Å². The van der Waals surface area contributed by atoms with Crippen molar-refractivity contribution in [3.63, 3.8) is 0 Å². The first-order valence-electron chi connectivity index (χ1n) is 11.1. The summed E-state index contributed by atoms with van der Waals surface area (Å²) in [6.07, 6.45) is 2.30. The maximum absolute atomic E-state index is 13.4. The smallest absolute Gasteiger partial charge is 0.264 e. The van der Waals surface area contributed by atoms with E-state index in [1.807, 2.05) is 52.7 Å². The molecule has 6 heteroatoms. The van der Waals surface area contributed by atoms with Crippen molar-refractivity contribution in [2.75, 3.05) is 6.54 Å². The van der Waals surface area contributed by atoms with Crippen molar-refractivity contribution in [2.24, 2.45) is 0 Å². The van der Waals surface area contributed by atoms with Crippen LogP contribution in [0.4, 0.5) is 0 Å². The van der Waals surface area contributed by atoms with E-state index in [0.717, 1.165) is 35.3 Å². The molecule has 5 nitrogen and oxygen atoms in total. The lowest BCUT2D eigenvalue weighted by molar-refractivity contribution is -0.127. The quantitative estimate of drug-likeness (QED) is 0.603. The van der Waals surface area contributed by atoms with Gasteiger partial charge in [0.05, 0.1) is 10.9 Å². The Bertz CT molecular complexity index is 1110. The van der Waals surface area contributed by atoms with Crippen LogP contribution in [0.1, 0.15) is 52.2 Å². The highest BCUT2D eigenvalue weighted by Crippen LogP contribution is 2.38. The van der Waals surface area contributed by atoms with Gasteiger partial charge in [-0.05, 0) is 66.5 Å². The van der Waals surface area contributed by atoms with Crippen molar-refractivity contribution in [1.29, 1.82) is 0 Å². The summed E-state index contributed by atoms with van der Waals surface area (Å²) in [7, 11) is 0. The molecular formula is C26H26N2O3S. The highest BCUT2D eigenvalue weighted by atomic mass is 32.1. The molecule has 1 aromatic heterocycles. The standard InChI is InChI=1S/C26H26N2O3S/c1-17(25(29)27-20-10-11-20)31-21-12-9-18-13-14-28(26(30)23-8-5-15-32-23)24(22(18)16-21)19-6-3-2-4-7-19/h2-9,12,15-17,20,24H,10-11,13-14H2,1H3,(H,27,29). The fourth-order valence-electron chi connectivity index (χ4n) is 4.23. The number of hydrogen-bond acceptors (Lipinski definition) is 4. The average molecular weight is 447 g/mol. The Kier molecular flexibility index (Phi) is 5.70. The van der Waals surface area contributed by atoms with E-state index in [-0.39, 0.29) is 17.9 Å². The normalized spacial score (nSPS) is 18.5. The van der Waals surface area contributed by atoms with Crippen LogP contribution in [0.15, 0.2) is 66.0 Å². The van der Waals surface area contributed by atoms with Crippen LogP contribution in [-0.4, -0.2) is 35.4 Å². The van der Waals surface area contributed by atoms with Crippen molar-refractivity contribution < 1.29 is 14.3 Å². The summed E-state index contributed by atoms with van der Waals surface area (Å²) in [6.45, 7) is 2.43. The summed E-state index contributed by atoms with van der Waals surface area (Å²) in [5.41, 5.74) is 3.33. The second-order valence-electron chi connectivity index (χ2n) is 8.44. The Hall–Kier alpha value is -3.12. The summed E-state index contributed by atoms with van der Waals surface area (Å²) in [5, 5.41) is 4.93. The SMILES string of the molecule is CC(Oc1ccc2c(c1)C(c1ccccc1)N(C(=O)c1cccs1)CC2)C(=O)NC1CC1. The van der Waals surface area contributed by atoms with Crippen LogP contribution in [0.5, 0.6) is 5.75 Å². The summed E-state index contributed by atoms with van der Waals surface area (Å²) >= 11 is 1.47. The molecule has 2 heterocycles. The molecule has 0 bridgehead atoms. The second-order valence-corrected chi connectivity index (χ2v) is 9.39. The monoisotopic (exact) mass is 446 g/mol. The molecule has 1 saturated carbocycles. The van der Waals surface area contributed by atoms with E-state index in [4.69, 9.17) is 4.74 Å². The van der Waals surface area contributed by atoms with Crippen LogP contribution in [0.2, 0.25) is 0 Å². The van der Waals surface area contributed by atoms with E-state index in [1.165, 1.54) is 16.9 Å². The molecular weight excluding hydrogens is 420 g/mol. The molecule has 2 atom stereocenters. The Morgan fingerprint density at radius 2 is 1.91 bits per heavy atom. The minimum absolute atomic E-state index is 0.0444. The van der Waals surface area contributed by atoms with Gasteiger partial charge in [-0.25, -0.2) is 0 Å². The van der Waals surface area contributed by atoms with Gasteiger partial charge in [-0.15, -0.1) is 11.3 Å². The van der Waals surface area contributed by atoms with Crippen LogP contribution in [-0.2, 0) is 11.2 Å². The summed E-state index contributed by atoms with van der Waals surface area (Å²) < 4.78 is 6.01. The lowest BCUT2D eigenvalue weighted by Gasteiger charge is -2.38. The van der Waals surface area contributed by atoms with Gasteiger partial charge in [-0.2, -0.15) is 0 Å². The van der Waals surface area contributed by atoms with Crippen molar-refractivity contribution in [2.45, 2.75) is 44.4 Å². The molecule has 2 aliphatic rings. The van der Waals surface area contributed by atoms with Gasteiger partial charge >= 0.3 is 0 Å². The maximum atomic E-state index is 13.4. The molecule has 1 fully saturated rings.